The quantitative estimate of drug-likeness (QED) is 0.411. The number of rotatable bonds is 0. The van der Waals surface area contributed by atoms with Crippen molar-refractivity contribution in [1.29, 1.82) is 0 Å². The van der Waals surface area contributed by atoms with Gasteiger partial charge in [-0.1, -0.05) is 60.7 Å². The Kier molecular flexibility index (Phi) is 15.3. The summed E-state index contributed by atoms with van der Waals surface area (Å²) in [4.78, 5) is 0. The fraction of sp³-hybridized carbons (Fsp3) is 0.0909. The first-order chi connectivity index (χ1) is 11.8. The second-order valence-corrected chi connectivity index (χ2v) is 4.74. The minimum atomic E-state index is 0. The second kappa shape index (κ2) is 16.7. The average Bonchev–Trinajstić information content (AvgIpc) is 3.36. The molecule has 2 nitrogen and oxygen atoms in total. The van der Waals surface area contributed by atoms with E-state index in [1.54, 1.807) is 24.3 Å². The van der Waals surface area contributed by atoms with E-state index in [1.807, 2.05) is 60.7 Å². The number of benzene rings is 2. The molecule has 0 aromatic heterocycles. The average molecular weight is 406 g/mol. The Labute approximate surface area is 170 Å². The van der Waals surface area contributed by atoms with E-state index in [2.05, 4.69) is 24.3 Å². The van der Waals surface area contributed by atoms with Gasteiger partial charge in [0.05, 0.1) is 0 Å². The molecule has 2 aromatic carbocycles. The van der Waals surface area contributed by atoms with Gasteiger partial charge in [-0.15, -0.1) is 24.2 Å². The summed E-state index contributed by atoms with van der Waals surface area (Å²) in [6.07, 6.45) is 20.0. The van der Waals surface area contributed by atoms with Gasteiger partial charge in [-0.25, -0.2) is 24.3 Å². The van der Waals surface area contributed by atoms with E-state index >= 15 is 0 Å². The van der Waals surface area contributed by atoms with Gasteiger partial charge in [-0.3, -0.25) is 12.2 Å². The van der Waals surface area contributed by atoms with E-state index in [0.29, 0.717) is 11.4 Å². The van der Waals surface area contributed by atoms with Crippen molar-refractivity contribution in [2.75, 3.05) is 0 Å². The van der Waals surface area contributed by atoms with E-state index < -0.39 is 0 Å². The van der Waals surface area contributed by atoms with Crippen molar-refractivity contribution < 1.29 is 26.2 Å². The first kappa shape index (κ1) is 22.9. The molecule has 0 radical (unpaired) electrons. The zero-order valence-electron chi connectivity index (χ0n) is 14.2. The van der Waals surface area contributed by atoms with Crippen LogP contribution in [0.25, 0.3) is 11.5 Å². The van der Waals surface area contributed by atoms with E-state index in [-0.39, 0.29) is 26.2 Å². The Bertz CT molecular complexity index is 565. The maximum Gasteiger partial charge on any atom is 4.00 e. The van der Waals surface area contributed by atoms with E-state index in [9.17, 15) is 0 Å². The molecule has 0 bridgehead atoms. The molecule has 0 unspecified atom stereocenters. The maximum atomic E-state index is 7.00. The standard InChI is InChI=1S/2C6H6N.2C5H5.Zr/c2*7-6-4-2-1-3-5-6;2*1-2-4-5-3-1;/h2*1-5,7H;2*1-3H,4H2;/q4*-1;+4. The Morgan fingerprint density at radius 1 is 0.600 bits per heavy atom. The van der Waals surface area contributed by atoms with Gasteiger partial charge < -0.3 is 11.5 Å². The molecule has 3 heteroatoms. The summed E-state index contributed by atoms with van der Waals surface area (Å²) in [5.41, 5.74) is 15.1. The third-order valence-corrected chi connectivity index (χ3v) is 2.72. The first-order valence-electron chi connectivity index (χ1n) is 7.76. The van der Waals surface area contributed by atoms with Gasteiger partial charge in [0.1, 0.15) is 0 Å². The minimum absolute atomic E-state index is 0. The predicted octanol–water partition coefficient (Wildman–Crippen LogP) is 7.35. The van der Waals surface area contributed by atoms with E-state index in [4.69, 9.17) is 11.5 Å². The molecular weight excluding hydrogens is 383 g/mol. The molecule has 0 spiro atoms. The molecule has 2 N–H and O–H groups in total. The summed E-state index contributed by atoms with van der Waals surface area (Å²) in [5.74, 6) is 0. The number of hydrogen-bond acceptors (Lipinski definition) is 0. The summed E-state index contributed by atoms with van der Waals surface area (Å²) < 4.78 is 0. The molecule has 0 saturated heterocycles. The van der Waals surface area contributed by atoms with Gasteiger partial charge in [-0.2, -0.15) is 12.2 Å². The van der Waals surface area contributed by atoms with Gasteiger partial charge in [0.2, 0.25) is 0 Å². The van der Waals surface area contributed by atoms with E-state index in [0.717, 1.165) is 12.8 Å². The summed E-state index contributed by atoms with van der Waals surface area (Å²) in [7, 11) is 0. The molecule has 0 heterocycles. The van der Waals surface area contributed by atoms with Crippen LogP contribution in [0.4, 0.5) is 11.4 Å². The Morgan fingerprint density at radius 2 is 0.960 bits per heavy atom. The van der Waals surface area contributed by atoms with E-state index in [1.165, 1.54) is 0 Å². The van der Waals surface area contributed by atoms with Crippen molar-refractivity contribution in [2.45, 2.75) is 12.8 Å². The monoisotopic (exact) mass is 404 g/mol. The number of hydrogen-bond donors (Lipinski definition) is 0. The molecule has 25 heavy (non-hydrogen) atoms. The zero-order chi connectivity index (χ0) is 17.3. The molecule has 0 saturated carbocycles. The van der Waals surface area contributed by atoms with Gasteiger partial charge in [0, 0.05) is 0 Å². The number of allylic oxidation sites excluding steroid dienone is 8. The first-order valence-corrected chi connectivity index (χ1v) is 7.76. The minimum Gasteiger partial charge on any atom is -0.699 e. The van der Waals surface area contributed by atoms with Crippen LogP contribution >= 0.6 is 0 Å². The molecule has 2 aromatic rings. The summed E-state index contributed by atoms with van der Waals surface area (Å²) >= 11 is 0. The Hall–Kier alpha value is -2.12. The molecule has 0 atom stereocenters. The molecule has 124 valence electrons. The summed E-state index contributed by atoms with van der Waals surface area (Å²) in [6, 6.07) is 18.2. The van der Waals surface area contributed by atoms with Crippen molar-refractivity contribution in [2.24, 2.45) is 0 Å². The largest absolute Gasteiger partial charge is 4.00 e. The van der Waals surface area contributed by atoms with Crippen LogP contribution in [-0.4, -0.2) is 0 Å². The van der Waals surface area contributed by atoms with Crippen LogP contribution in [0.2, 0.25) is 0 Å². The van der Waals surface area contributed by atoms with Gasteiger partial charge >= 0.3 is 26.2 Å². The van der Waals surface area contributed by atoms with Crippen LogP contribution < -0.4 is 0 Å². The smallest absolute Gasteiger partial charge is 0.699 e. The van der Waals surface area contributed by atoms with Gasteiger partial charge in [0.15, 0.2) is 0 Å². The van der Waals surface area contributed by atoms with Crippen LogP contribution in [0.15, 0.2) is 97.1 Å². The SMILES string of the molecule is [C-]1=CC=CC1.[C-]1=CC=CC1.[NH-]c1ccccc1.[NH-]c1ccccc1.[Zr+4]. The predicted molar refractivity (Wildman–Crippen MR) is 104 cm³/mol. The second-order valence-electron chi connectivity index (χ2n) is 4.74. The van der Waals surface area contributed by atoms with Gasteiger partial charge in [0.25, 0.3) is 0 Å². The van der Waals surface area contributed by atoms with Crippen LogP contribution in [0.1, 0.15) is 12.8 Å². The molecule has 2 aliphatic carbocycles. The zero-order valence-corrected chi connectivity index (χ0v) is 16.6. The fourth-order valence-corrected chi connectivity index (χ4v) is 1.56. The summed E-state index contributed by atoms with van der Waals surface area (Å²) in [6.45, 7) is 0. The topological polar surface area (TPSA) is 47.6 Å². The van der Waals surface area contributed by atoms with Gasteiger partial charge in [-0.05, 0) is 0 Å². The van der Waals surface area contributed by atoms with Crippen LogP contribution in [0.5, 0.6) is 0 Å². The maximum absolute atomic E-state index is 7.00. The third-order valence-electron chi connectivity index (χ3n) is 2.72. The molecule has 0 aliphatic heterocycles. The third kappa shape index (κ3) is 15.2. The molecule has 0 fully saturated rings. The molecule has 4 rings (SSSR count). The van der Waals surface area contributed by atoms with Crippen molar-refractivity contribution in [3.05, 3.63) is 121 Å². The van der Waals surface area contributed by atoms with Crippen molar-refractivity contribution >= 4 is 11.4 Å². The normalized spacial score (nSPS) is 11.8. The Morgan fingerprint density at radius 3 is 1.08 bits per heavy atom. The summed E-state index contributed by atoms with van der Waals surface area (Å²) in [5, 5.41) is 0. The van der Waals surface area contributed by atoms with Crippen LogP contribution in [-0.2, 0) is 26.2 Å². The van der Waals surface area contributed by atoms with Crippen LogP contribution in [0, 0.1) is 12.2 Å². The van der Waals surface area contributed by atoms with Crippen molar-refractivity contribution in [1.82, 2.24) is 0 Å². The molecule has 2 aliphatic rings. The molecule has 0 amide bonds. The van der Waals surface area contributed by atoms with Crippen LogP contribution in [0.3, 0.4) is 0 Å². The van der Waals surface area contributed by atoms with Crippen molar-refractivity contribution in [3.8, 4) is 0 Å². The fourth-order valence-electron chi connectivity index (χ4n) is 1.56. The Balaban J connectivity index is 0.000000307. The molecular formula is C22H22N2Zr. The van der Waals surface area contributed by atoms with Crippen molar-refractivity contribution in [3.63, 3.8) is 0 Å². The number of nitrogens with one attached hydrogen (secondary N) is 2.